The van der Waals surface area contributed by atoms with Gasteiger partial charge in [-0.15, -0.1) is 11.3 Å². The van der Waals surface area contributed by atoms with E-state index < -0.39 is 0 Å². The fraction of sp³-hybridized carbons (Fsp3) is 0.400. The summed E-state index contributed by atoms with van der Waals surface area (Å²) < 4.78 is 5.54. The Morgan fingerprint density at radius 3 is 2.67 bits per heavy atom. The molecular formula is C20H21NO2S. The van der Waals surface area contributed by atoms with Gasteiger partial charge in [0.2, 0.25) is 5.89 Å². The molecule has 0 N–H and O–H groups in total. The van der Waals surface area contributed by atoms with E-state index in [0.29, 0.717) is 22.6 Å². The Balaban J connectivity index is 1.83. The second-order valence-electron chi connectivity index (χ2n) is 7.66. The standard InChI is InChI=1S/C20H21NO2S/c1-20(2,3)13-9-10-14-15(11-13)24-18-16(14)19(22)23-17(21-18)12-7-5-4-6-8-12/h4-8,13H,9-11H2,1-3H3/t13-/m0/s1. The lowest BCUT2D eigenvalue weighted by Gasteiger charge is -2.33. The van der Waals surface area contributed by atoms with E-state index >= 15 is 0 Å². The zero-order valence-electron chi connectivity index (χ0n) is 14.3. The highest BCUT2D eigenvalue weighted by Crippen LogP contribution is 2.42. The van der Waals surface area contributed by atoms with Gasteiger partial charge in [0.15, 0.2) is 0 Å². The van der Waals surface area contributed by atoms with Gasteiger partial charge < -0.3 is 4.42 Å². The molecule has 4 rings (SSSR count). The van der Waals surface area contributed by atoms with Gasteiger partial charge >= 0.3 is 5.63 Å². The van der Waals surface area contributed by atoms with Crippen molar-refractivity contribution in [3.8, 4) is 11.5 Å². The fourth-order valence-corrected chi connectivity index (χ4v) is 4.84. The average molecular weight is 339 g/mol. The van der Waals surface area contributed by atoms with Crippen LogP contribution >= 0.6 is 11.3 Å². The van der Waals surface area contributed by atoms with Crippen LogP contribution in [0, 0.1) is 11.3 Å². The summed E-state index contributed by atoms with van der Waals surface area (Å²) in [5.41, 5.74) is 2.07. The van der Waals surface area contributed by atoms with Gasteiger partial charge in [0.05, 0.1) is 0 Å². The molecule has 24 heavy (non-hydrogen) atoms. The highest BCUT2D eigenvalue weighted by molar-refractivity contribution is 7.18. The van der Waals surface area contributed by atoms with E-state index in [-0.39, 0.29) is 5.63 Å². The molecule has 1 aliphatic carbocycles. The van der Waals surface area contributed by atoms with Gasteiger partial charge in [-0.1, -0.05) is 39.0 Å². The third-order valence-corrected chi connectivity index (χ3v) is 6.24. The van der Waals surface area contributed by atoms with Gasteiger partial charge in [-0.05, 0) is 48.3 Å². The Kier molecular flexibility index (Phi) is 3.61. The smallest absolute Gasteiger partial charge is 0.348 e. The first-order valence-corrected chi connectivity index (χ1v) is 9.26. The molecule has 0 saturated heterocycles. The second-order valence-corrected chi connectivity index (χ2v) is 8.75. The molecule has 4 heteroatoms. The average Bonchev–Trinajstić information content (AvgIpc) is 2.92. The highest BCUT2D eigenvalue weighted by Gasteiger charge is 2.32. The summed E-state index contributed by atoms with van der Waals surface area (Å²) in [4.78, 5) is 19.4. The van der Waals surface area contributed by atoms with Crippen molar-refractivity contribution in [3.63, 3.8) is 0 Å². The van der Waals surface area contributed by atoms with Crippen LogP contribution < -0.4 is 5.63 Å². The zero-order valence-corrected chi connectivity index (χ0v) is 15.1. The summed E-state index contributed by atoms with van der Waals surface area (Å²) in [6.07, 6.45) is 3.12. The van der Waals surface area contributed by atoms with Crippen molar-refractivity contribution < 1.29 is 4.42 Å². The summed E-state index contributed by atoms with van der Waals surface area (Å²) in [7, 11) is 0. The minimum atomic E-state index is -0.245. The zero-order chi connectivity index (χ0) is 16.9. The monoisotopic (exact) mass is 339 g/mol. The SMILES string of the molecule is CC(C)(C)[C@H]1CCc2c(sc3nc(-c4ccccc4)oc(=O)c23)C1. The van der Waals surface area contributed by atoms with Crippen LogP contribution in [0.3, 0.4) is 0 Å². The van der Waals surface area contributed by atoms with Crippen molar-refractivity contribution in [2.24, 2.45) is 11.3 Å². The number of fused-ring (bicyclic) bond motifs is 3. The number of aryl methyl sites for hydroxylation is 1. The lowest BCUT2D eigenvalue weighted by atomic mass is 9.72. The van der Waals surface area contributed by atoms with Gasteiger partial charge in [0.1, 0.15) is 10.2 Å². The van der Waals surface area contributed by atoms with Crippen LogP contribution in [0.25, 0.3) is 21.7 Å². The largest absolute Gasteiger partial charge is 0.403 e. The van der Waals surface area contributed by atoms with Gasteiger partial charge in [0, 0.05) is 10.4 Å². The lowest BCUT2D eigenvalue weighted by Crippen LogP contribution is -2.26. The third-order valence-electron chi connectivity index (χ3n) is 5.09. The summed E-state index contributed by atoms with van der Waals surface area (Å²) in [6, 6.07) is 9.63. The molecule has 124 valence electrons. The fourth-order valence-electron chi connectivity index (χ4n) is 3.56. The van der Waals surface area contributed by atoms with Crippen LogP contribution in [0.4, 0.5) is 0 Å². The maximum absolute atomic E-state index is 12.6. The second kappa shape index (κ2) is 5.55. The molecule has 0 fully saturated rings. The first-order valence-electron chi connectivity index (χ1n) is 8.44. The van der Waals surface area contributed by atoms with Crippen LogP contribution in [0.2, 0.25) is 0 Å². The minimum Gasteiger partial charge on any atom is -0.403 e. The first kappa shape index (κ1) is 15.6. The van der Waals surface area contributed by atoms with Crippen molar-refractivity contribution in [2.45, 2.75) is 40.0 Å². The quantitative estimate of drug-likeness (QED) is 0.622. The van der Waals surface area contributed by atoms with Crippen molar-refractivity contribution >= 4 is 21.6 Å². The minimum absolute atomic E-state index is 0.245. The molecule has 1 aliphatic rings. The van der Waals surface area contributed by atoms with Crippen molar-refractivity contribution in [1.82, 2.24) is 4.98 Å². The normalized spacial score (nSPS) is 17.9. The Morgan fingerprint density at radius 2 is 1.96 bits per heavy atom. The number of thiophene rings is 1. The Bertz CT molecular complexity index is 947. The summed E-state index contributed by atoms with van der Waals surface area (Å²) >= 11 is 1.67. The number of rotatable bonds is 1. The molecule has 3 aromatic rings. The molecule has 2 heterocycles. The highest BCUT2D eigenvalue weighted by atomic mass is 32.1. The Hall–Kier alpha value is -1.94. The topological polar surface area (TPSA) is 43.1 Å². The summed E-state index contributed by atoms with van der Waals surface area (Å²) in [6.45, 7) is 6.91. The van der Waals surface area contributed by atoms with Crippen LogP contribution in [-0.4, -0.2) is 4.98 Å². The van der Waals surface area contributed by atoms with Gasteiger partial charge in [-0.2, -0.15) is 0 Å². The molecule has 0 bridgehead atoms. The number of hydrogen-bond acceptors (Lipinski definition) is 4. The molecule has 0 amide bonds. The summed E-state index contributed by atoms with van der Waals surface area (Å²) in [5.74, 6) is 1.07. The van der Waals surface area contributed by atoms with E-state index in [9.17, 15) is 4.79 Å². The van der Waals surface area contributed by atoms with Crippen LogP contribution in [0.15, 0.2) is 39.5 Å². The van der Waals surface area contributed by atoms with Crippen LogP contribution in [-0.2, 0) is 12.8 Å². The molecule has 0 radical (unpaired) electrons. The van der Waals surface area contributed by atoms with Gasteiger partial charge in [0.25, 0.3) is 0 Å². The van der Waals surface area contributed by atoms with Crippen molar-refractivity contribution in [3.05, 3.63) is 51.2 Å². The van der Waals surface area contributed by atoms with E-state index in [1.165, 1.54) is 10.4 Å². The van der Waals surface area contributed by atoms with Crippen molar-refractivity contribution in [2.75, 3.05) is 0 Å². The third kappa shape index (κ3) is 2.59. The molecule has 0 aliphatic heterocycles. The predicted molar refractivity (Wildman–Crippen MR) is 98.6 cm³/mol. The number of hydrogen-bond donors (Lipinski definition) is 0. The van der Waals surface area contributed by atoms with Crippen molar-refractivity contribution in [1.29, 1.82) is 0 Å². The maximum Gasteiger partial charge on any atom is 0.348 e. The van der Waals surface area contributed by atoms with E-state index in [1.54, 1.807) is 11.3 Å². The molecule has 0 unspecified atom stereocenters. The predicted octanol–water partition coefficient (Wildman–Crippen LogP) is 5.07. The summed E-state index contributed by atoms with van der Waals surface area (Å²) in [5, 5.41) is 0.710. The van der Waals surface area contributed by atoms with Gasteiger partial charge in [-0.25, -0.2) is 9.78 Å². The number of aromatic nitrogens is 1. The van der Waals surface area contributed by atoms with Gasteiger partial charge in [-0.3, -0.25) is 0 Å². The molecule has 3 nitrogen and oxygen atoms in total. The molecule has 0 spiro atoms. The van der Waals surface area contributed by atoms with E-state index in [0.717, 1.165) is 29.7 Å². The van der Waals surface area contributed by atoms with E-state index in [4.69, 9.17) is 4.42 Å². The maximum atomic E-state index is 12.6. The first-order chi connectivity index (χ1) is 11.4. The number of benzene rings is 1. The molecule has 1 aromatic carbocycles. The van der Waals surface area contributed by atoms with Crippen LogP contribution in [0.5, 0.6) is 0 Å². The van der Waals surface area contributed by atoms with E-state index in [2.05, 4.69) is 25.8 Å². The molecule has 1 atom stereocenters. The molecular weight excluding hydrogens is 318 g/mol. The molecule has 0 saturated carbocycles. The van der Waals surface area contributed by atoms with Crippen LogP contribution in [0.1, 0.15) is 37.6 Å². The van der Waals surface area contributed by atoms with E-state index in [1.807, 2.05) is 30.3 Å². The molecule has 2 aromatic heterocycles. The number of nitrogens with zero attached hydrogens (tertiary/aromatic N) is 1. The Labute approximate surface area is 145 Å². The lowest BCUT2D eigenvalue weighted by molar-refractivity contribution is 0.218. The Morgan fingerprint density at radius 1 is 1.21 bits per heavy atom.